The normalized spacial score (nSPS) is 29.7. The van der Waals surface area contributed by atoms with Crippen LogP contribution >= 0.6 is 0 Å². The molecule has 0 saturated carbocycles. The van der Waals surface area contributed by atoms with E-state index in [4.69, 9.17) is 0 Å². The second-order valence-electron chi connectivity index (χ2n) is 8.12. The van der Waals surface area contributed by atoms with Gasteiger partial charge in [-0.05, 0) is 18.4 Å². The standard InChI is InChI=1S/C21H34N6/c1-22-21(23-15-20-17-26-11-13-27(20)14-12-26)24-19-7-9-25(10-8-19)16-18-5-3-2-4-6-18/h2-6,19-20H,7-17H2,1H3,(H2,22,23,24). The first kappa shape index (κ1) is 18.7. The summed E-state index contributed by atoms with van der Waals surface area (Å²) in [5, 5.41) is 7.23. The first-order valence-corrected chi connectivity index (χ1v) is 10.5. The van der Waals surface area contributed by atoms with Gasteiger partial charge in [-0.3, -0.25) is 19.7 Å². The zero-order chi connectivity index (χ0) is 18.5. The Morgan fingerprint density at radius 1 is 1.04 bits per heavy atom. The number of fused-ring (bicyclic) bond motifs is 3. The van der Waals surface area contributed by atoms with Gasteiger partial charge in [-0.1, -0.05) is 30.3 Å². The van der Waals surface area contributed by atoms with Crippen LogP contribution in [-0.2, 0) is 6.54 Å². The van der Waals surface area contributed by atoms with Gasteiger partial charge < -0.3 is 10.6 Å². The lowest BCUT2D eigenvalue weighted by atomic mass is 10.0. The molecule has 1 aromatic carbocycles. The van der Waals surface area contributed by atoms with E-state index in [0.717, 1.165) is 32.1 Å². The molecule has 2 N–H and O–H groups in total. The molecule has 0 radical (unpaired) electrons. The van der Waals surface area contributed by atoms with Crippen molar-refractivity contribution in [2.24, 2.45) is 4.99 Å². The maximum absolute atomic E-state index is 4.46. The summed E-state index contributed by atoms with van der Waals surface area (Å²) in [6.07, 6.45) is 2.35. The van der Waals surface area contributed by atoms with Crippen LogP contribution < -0.4 is 10.6 Å². The Hall–Kier alpha value is -1.63. The highest BCUT2D eigenvalue weighted by Gasteiger charge is 2.31. The summed E-state index contributed by atoms with van der Waals surface area (Å²) in [5.41, 5.74) is 1.41. The summed E-state index contributed by atoms with van der Waals surface area (Å²) in [5.74, 6) is 0.967. The highest BCUT2D eigenvalue weighted by Crippen LogP contribution is 2.15. The van der Waals surface area contributed by atoms with Gasteiger partial charge in [0, 0.05) is 78.0 Å². The summed E-state index contributed by atoms with van der Waals surface area (Å²) in [4.78, 5) is 12.2. The van der Waals surface area contributed by atoms with Gasteiger partial charge in [0.25, 0.3) is 0 Å². The first-order valence-electron chi connectivity index (χ1n) is 10.5. The van der Waals surface area contributed by atoms with E-state index in [1.165, 1.54) is 51.1 Å². The fraction of sp³-hybridized carbons (Fsp3) is 0.667. The molecule has 0 amide bonds. The van der Waals surface area contributed by atoms with E-state index in [-0.39, 0.29) is 0 Å². The van der Waals surface area contributed by atoms with Crippen molar-refractivity contribution in [3.63, 3.8) is 0 Å². The van der Waals surface area contributed by atoms with E-state index < -0.39 is 0 Å². The lowest BCUT2D eigenvalue weighted by Gasteiger charge is -2.47. The molecule has 4 aliphatic rings. The quantitative estimate of drug-likeness (QED) is 0.594. The molecule has 2 bridgehead atoms. The van der Waals surface area contributed by atoms with Gasteiger partial charge in [-0.15, -0.1) is 0 Å². The van der Waals surface area contributed by atoms with Crippen LogP contribution in [0.2, 0.25) is 0 Å². The predicted molar refractivity (Wildman–Crippen MR) is 111 cm³/mol. The Bertz CT molecular complexity index is 602. The molecule has 1 aromatic rings. The van der Waals surface area contributed by atoms with Crippen LogP contribution in [0.15, 0.2) is 35.3 Å². The number of piperidine rings is 1. The Morgan fingerprint density at radius 2 is 1.78 bits per heavy atom. The van der Waals surface area contributed by atoms with Crippen molar-refractivity contribution >= 4 is 5.96 Å². The average Bonchev–Trinajstić information content (AvgIpc) is 2.74. The number of hydrogen-bond donors (Lipinski definition) is 2. The fourth-order valence-electron chi connectivity index (χ4n) is 4.60. The van der Waals surface area contributed by atoms with E-state index in [1.54, 1.807) is 0 Å². The molecule has 4 fully saturated rings. The van der Waals surface area contributed by atoms with Crippen molar-refractivity contribution in [2.75, 3.05) is 59.4 Å². The average molecular weight is 371 g/mol. The molecule has 6 nitrogen and oxygen atoms in total. The molecular formula is C21H34N6. The van der Waals surface area contributed by atoms with E-state index in [2.05, 4.69) is 60.7 Å². The summed E-state index contributed by atoms with van der Waals surface area (Å²) in [7, 11) is 1.89. The minimum Gasteiger partial charge on any atom is -0.355 e. The molecule has 0 aliphatic carbocycles. The topological polar surface area (TPSA) is 46.1 Å². The molecule has 148 valence electrons. The third-order valence-corrected chi connectivity index (χ3v) is 6.30. The number of guanidine groups is 1. The number of piperazine rings is 3. The van der Waals surface area contributed by atoms with Gasteiger partial charge in [-0.2, -0.15) is 0 Å². The highest BCUT2D eigenvalue weighted by atomic mass is 15.4. The number of hydrogen-bond acceptors (Lipinski definition) is 4. The molecule has 1 atom stereocenters. The van der Waals surface area contributed by atoms with Crippen LogP contribution in [-0.4, -0.2) is 92.1 Å². The predicted octanol–water partition coefficient (Wildman–Crippen LogP) is 0.816. The summed E-state index contributed by atoms with van der Waals surface area (Å²) >= 11 is 0. The Balaban J connectivity index is 1.18. The van der Waals surface area contributed by atoms with E-state index >= 15 is 0 Å². The molecule has 27 heavy (non-hydrogen) atoms. The third-order valence-electron chi connectivity index (χ3n) is 6.30. The summed E-state index contributed by atoms with van der Waals surface area (Å²) in [6.45, 7) is 10.5. The van der Waals surface area contributed by atoms with Crippen LogP contribution in [0.1, 0.15) is 18.4 Å². The third kappa shape index (κ3) is 5.00. The summed E-state index contributed by atoms with van der Waals surface area (Å²) < 4.78 is 0. The van der Waals surface area contributed by atoms with E-state index in [1.807, 2.05) is 7.05 Å². The highest BCUT2D eigenvalue weighted by molar-refractivity contribution is 5.80. The van der Waals surface area contributed by atoms with Gasteiger partial charge in [-0.25, -0.2) is 0 Å². The SMILES string of the molecule is CN=C(NCC1CN2CCN1CC2)NC1CCN(Cc2ccccc2)CC1. The monoisotopic (exact) mass is 370 g/mol. The van der Waals surface area contributed by atoms with Gasteiger partial charge in [0.15, 0.2) is 5.96 Å². The van der Waals surface area contributed by atoms with Crippen LogP contribution in [0.4, 0.5) is 0 Å². The Morgan fingerprint density at radius 3 is 2.41 bits per heavy atom. The molecule has 0 spiro atoms. The van der Waals surface area contributed by atoms with Crippen molar-refractivity contribution < 1.29 is 0 Å². The smallest absolute Gasteiger partial charge is 0.191 e. The van der Waals surface area contributed by atoms with Gasteiger partial charge in [0.1, 0.15) is 0 Å². The number of rotatable bonds is 5. The molecule has 4 saturated heterocycles. The Labute approximate surface area is 163 Å². The molecule has 0 aromatic heterocycles. The number of aliphatic imine (C=N–C) groups is 1. The van der Waals surface area contributed by atoms with Crippen molar-refractivity contribution in [1.82, 2.24) is 25.3 Å². The van der Waals surface area contributed by atoms with Crippen LogP contribution in [0.3, 0.4) is 0 Å². The van der Waals surface area contributed by atoms with Gasteiger partial charge in [0.05, 0.1) is 0 Å². The van der Waals surface area contributed by atoms with Crippen molar-refractivity contribution in [3.8, 4) is 0 Å². The molecule has 4 aliphatic heterocycles. The number of likely N-dealkylation sites (tertiary alicyclic amines) is 1. The maximum Gasteiger partial charge on any atom is 0.191 e. The number of benzene rings is 1. The zero-order valence-electron chi connectivity index (χ0n) is 16.6. The Kier molecular flexibility index (Phi) is 6.27. The largest absolute Gasteiger partial charge is 0.355 e. The van der Waals surface area contributed by atoms with Crippen molar-refractivity contribution in [1.29, 1.82) is 0 Å². The van der Waals surface area contributed by atoms with Crippen LogP contribution in [0.5, 0.6) is 0 Å². The van der Waals surface area contributed by atoms with Crippen molar-refractivity contribution in [3.05, 3.63) is 35.9 Å². The van der Waals surface area contributed by atoms with E-state index in [0.29, 0.717) is 12.1 Å². The number of nitrogens with one attached hydrogen (secondary N) is 2. The second kappa shape index (κ2) is 9.04. The molecule has 6 heteroatoms. The minimum absolute atomic E-state index is 0.523. The molecular weight excluding hydrogens is 336 g/mol. The second-order valence-corrected chi connectivity index (χ2v) is 8.12. The fourth-order valence-corrected chi connectivity index (χ4v) is 4.60. The van der Waals surface area contributed by atoms with Gasteiger partial charge in [0.2, 0.25) is 0 Å². The van der Waals surface area contributed by atoms with Crippen LogP contribution in [0, 0.1) is 0 Å². The lowest BCUT2D eigenvalue weighted by molar-refractivity contribution is 0.0154. The summed E-state index contributed by atoms with van der Waals surface area (Å²) in [6, 6.07) is 11.9. The van der Waals surface area contributed by atoms with Gasteiger partial charge >= 0.3 is 0 Å². The molecule has 4 heterocycles. The first-order chi connectivity index (χ1) is 13.3. The molecule has 5 rings (SSSR count). The lowest BCUT2D eigenvalue weighted by Crippen LogP contribution is -2.64. The van der Waals surface area contributed by atoms with Crippen LogP contribution in [0.25, 0.3) is 0 Å². The minimum atomic E-state index is 0.523. The molecule has 1 unspecified atom stereocenters. The number of nitrogens with zero attached hydrogens (tertiary/aromatic N) is 4. The zero-order valence-corrected chi connectivity index (χ0v) is 16.6. The van der Waals surface area contributed by atoms with Crippen molar-refractivity contribution in [2.45, 2.75) is 31.5 Å². The van der Waals surface area contributed by atoms with E-state index in [9.17, 15) is 0 Å². The maximum atomic E-state index is 4.46.